The quantitative estimate of drug-likeness (QED) is 0.142. The van der Waals surface area contributed by atoms with E-state index in [1.807, 2.05) is 0 Å². The van der Waals surface area contributed by atoms with Gasteiger partial charge in [0.15, 0.2) is 0 Å². The fraction of sp³-hybridized carbons (Fsp3) is 0.286. The van der Waals surface area contributed by atoms with Crippen molar-refractivity contribution < 1.29 is 48.1 Å². The zero-order valence-corrected chi connectivity index (χ0v) is 34.1. The van der Waals surface area contributed by atoms with Gasteiger partial charge in [-0.05, 0) is 34.9 Å². The molecule has 6 aromatic carbocycles. The van der Waals surface area contributed by atoms with Crippen LogP contribution in [-0.4, -0.2) is 5.43 Å². The Balaban J connectivity index is 0.000000280. The molecule has 0 nitrogen and oxygen atoms in total. The van der Waals surface area contributed by atoms with Crippen LogP contribution >= 0.6 is 0 Å². The van der Waals surface area contributed by atoms with Gasteiger partial charge in [0.05, 0.1) is 0 Å². The van der Waals surface area contributed by atoms with Gasteiger partial charge in [-0.15, -0.1) is 62.5 Å². The maximum Gasteiger partial charge on any atom is -0.0132 e. The molecule has 4 heteroatoms. The van der Waals surface area contributed by atoms with Crippen LogP contribution in [0, 0.1) is 20.8 Å². The Hall–Kier alpha value is -2.22. The summed E-state index contributed by atoms with van der Waals surface area (Å²) in [6, 6.07) is 37.9. The first-order valence-electron chi connectivity index (χ1n) is 15.8. The number of hydrogen-bond donors (Lipinski definition) is 0. The van der Waals surface area contributed by atoms with E-state index in [0.29, 0.717) is 5.92 Å². The van der Waals surface area contributed by atoms with Crippen molar-refractivity contribution in [2.45, 2.75) is 79.8 Å². The third kappa shape index (κ3) is 9.90. The van der Waals surface area contributed by atoms with Gasteiger partial charge in [0.2, 0.25) is 0 Å². The van der Waals surface area contributed by atoms with Gasteiger partial charge in [0, 0.05) is 0 Å². The fourth-order valence-corrected chi connectivity index (χ4v) is 5.85. The first kappa shape index (κ1) is 40.0. The first-order valence-corrected chi connectivity index (χ1v) is 22.0. The molecule has 0 fully saturated rings. The number of aryl methyl sites for hydroxylation is 3. The Morgan fingerprint density at radius 1 is 0.674 bits per heavy atom. The first-order chi connectivity index (χ1) is 20.8. The van der Waals surface area contributed by atoms with E-state index in [9.17, 15) is 0 Å². The van der Waals surface area contributed by atoms with Gasteiger partial charge in [-0.25, -0.2) is 0 Å². The number of benzene rings is 4. The summed E-state index contributed by atoms with van der Waals surface area (Å²) in [5.41, 5.74) is 12.6. The molecule has 46 heavy (non-hydrogen) atoms. The van der Waals surface area contributed by atoms with Crippen molar-refractivity contribution in [2.75, 3.05) is 0 Å². The van der Waals surface area contributed by atoms with Crippen LogP contribution in [0.5, 0.6) is 0 Å². The second-order valence-corrected chi connectivity index (χ2v) is 23.1. The minimum absolute atomic E-state index is 0. The summed E-state index contributed by atoms with van der Waals surface area (Å²) in [6.07, 6.45) is 0. The topological polar surface area (TPSA) is 0 Å². The second kappa shape index (κ2) is 17.3. The van der Waals surface area contributed by atoms with E-state index >= 15 is 0 Å². The van der Waals surface area contributed by atoms with E-state index in [4.69, 9.17) is 0 Å². The average molecular weight is 743 g/mol. The molecule has 0 aromatic heterocycles. The van der Waals surface area contributed by atoms with Crippen LogP contribution < -0.4 is 24.8 Å². The average Bonchev–Trinajstić information content (AvgIpc) is 3.57. The van der Waals surface area contributed by atoms with Crippen LogP contribution in [0.15, 0.2) is 103 Å². The van der Waals surface area contributed by atoms with Gasteiger partial charge < -0.3 is 24.8 Å². The molecule has 0 aliphatic rings. The molecule has 0 aliphatic heterocycles. The molecule has 6 aromatic rings. The van der Waals surface area contributed by atoms with E-state index in [2.05, 4.69) is 172 Å². The summed E-state index contributed by atoms with van der Waals surface area (Å²) in [4.78, 5) is 0. The Morgan fingerprint density at radius 2 is 1.28 bits per heavy atom. The van der Waals surface area contributed by atoms with Crippen molar-refractivity contribution >= 4 is 27.0 Å². The molecule has 0 heterocycles. The molecule has 0 saturated heterocycles. The van der Waals surface area contributed by atoms with Gasteiger partial charge in [-0.3, -0.25) is 0 Å². The number of fused-ring (bicyclic) bond motifs is 2. The van der Waals surface area contributed by atoms with Crippen molar-refractivity contribution in [2.24, 2.45) is 0 Å². The minimum atomic E-state index is 0. The molecule has 0 amide bonds. The summed E-state index contributed by atoms with van der Waals surface area (Å²) < 4.78 is 0. The van der Waals surface area contributed by atoms with Gasteiger partial charge in [-0.2, -0.15) is 12.1 Å². The van der Waals surface area contributed by atoms with Gasteiger partial charge in [-0.1, -0.05) is 132 Å². The van der Waals surface area contributed by atoms with Crippen LogP contribution in [0.1, 0.15) is 68.4 Å². The van der Waals surface area contributed by atoms with Gasteiger partial charge >= 0.3 is 41.9 Å². The number of rotatable bonds is 3. The SMILES string of the molecule is CC(C)c1cc2c(-c3ccccc3)cccc2[cH-]1.C[Si](C)=[Zr+2].Cc1cc2c(-c3ccc(C(C)(C)C)cc3)c(C)cc(C)c2[cH-]1.[Cl-].[Cl-]. The van der Waals surface area contributed by atoms with Crippen LogP contribution in [0.4, 0.5) is 0 Å². The molecule has 0 unspecified atom stereocenters. The maximum absolute atomic E-state index is 2.34. The fourth-order valence-electron chi connectivity index (χ4n) is 5.85. The Bertz CT molecular complexity index is 1860. The monoisotopic (exact) mass is 740 g/mol. The summed E-state index contributed by atoms with van der Waals surface area (Å²) in [5.74, 6) is 0.584. The van der Waals surface area contributed by atoms with Crippen molar-refractivity contribution in [3.63, 3.8) is 0 Å². The third-order valence-electron chi connectivity index (χ3n) is 8.12. The molecular formula is C42H48Cl2SiZr-2. The Morgan fingerprint density at radius 3 is 1.85 bits per heavy atom. The van der Waals surface area contributed by atoms with E-state index < -0.39 is 0 Å². The van der Waals surface area contributed by atoms with E-state index in [1.165, 1.54) is 71.6 Å². The normalized spacial score (nSPS) is 10.8. The molecular weight excluding hydrogens is 695 g/mol. The van der Waals surface area contributed by atoms with Crippen LogP contribution in [0.2, 0.25) is 13.1 Å². The Labute approximate surface area is 306 Å². The smallest absolute Gasteiger partial charge is 0.0132 e. The Kier molecular flexibility index (Phi) is 15.0. The van der Waals surface area contributed by atoms with Crippen LogP contribution in [-0.2, 0) is 28.8 Å². The second-order valence-electron chi connectivity index (χ2n) is 13.7. The van der Waals surface area contributed by atoms with Crippen molar-refractivity contribution in [1.82, 2.24) is 0 Å². The molecule has 0 spiro atoms. The predicted molar refractivity (Wildman–Crippen MR) is 194 cm³/mol. The van der Waals surface area contributed by atoms with Crippen molar-refractivity contribution in [3.8, 4) is 22.3 Å². The van der Waals surface area contributed by atoms with Gasteiger partial charge in [0.1, 0.15) is 0 Å². The molecule has 0 radical (unpaired) electrons. The van der Waals surface area contributed by atoms with Crippen LogP contribution in [0.25, 0.3) is 43.8 Å². The molecule has 0 N–H and O–H groups in total. The maximum atomic E-state index is 2.34. The molecule has 0 bridgehead atoms. The van der Waals surface area contributed by atoms with E-state index in [-0.39, 0.29) is 35.7 Å². The molecule has 0 saturated carbocycles. The molecule has 0 aliphatic carbocycles. The standard InChI is InChI=1S/C22H25.C18H17.C2H6Si.2ClH.Zr/c1-14-11-19-15(2)13-16(3)21(20(19)12-14)17-7-9-18(10-8-17)22(4,5)6;1-13(2)16-11-15-9-6-10-17(18(15)12-16)14-7-4-3-5-8-14;1-3-2;;;/h7-13H,1-6H3;3-13H,1-2H3;1-2H3;2*1H;/q2*-1;;;;+2/p-2. The number of hydrogen-bond acceptors (Lipinski definition) is 0. The summed E-state index contributed by atoms with van der Waals surface area (Å²) in [7, 11) is 0. The zero-order chi connectivity index (χ0) is 32.2. The van der Waals surface area contributed by atoms with E-state index in [0.717, 1.165) is 0 Å². The minimum Gasteiger partial charge on any atom is -1.00 e. The van der Waals surface area contributed by atoms with Crippen molar-refractivity contribution in [1.29, 1.82) is 0 Å². The van der Waals surface area contributed by atoms with Crippen molar-refractivity contribution in [3.05, 3.63) is 131 Å². The molecule has 240 valence electrons. The van der Waals surface area contributed by atoms with Gasteiger partial charge in [0.25, 0.3) is 0 Å². The summed E-state index contributed by atoms with van der Waals surface area (Å²) in [6.45, 7) is 22.5. The molecule has 6 rings (SSSR count). The number of halogens is 2. The largest absolute Gasteiger partial charge is 1.00 e. The van der Waals surface area contributed by atoms with Crippen LogP contribution in [0.3, 0.4) is 0 Å². The van der Waals surface area contributed by atoms with E-state index in [1.54, 1.807) is 23.3 Å². The summed E-state index contributed by atoms with van der Waals surface area (Å²) >= 11 is 1.74. The third-order valence-corrected chi connectivity index (χ3v) is 8.12. The zero-order valence-electron chi connectivity index (χ0n) is 29.1. The predicted octanol–water partition coefficient (Wildman–Crippen LogP) is 6.59. The molecule has 0 atom stereocenters. The summed E-state index contributed by atoms with van der Waals surface area (Å²) in [5, 5.41) is 5.49.